The van der Waals surface area contributed by atoms with E-state index in [2.05, 4.69) is 4.99 Å². The number of methoxy groups -OCH3 is 1. The van der Waals surface area contributed by atoms with Gasteiger partial charge in [-0.3, -0.25) is 0 Å². The lowest BCUT2D eigenvalue weighted by molar-refractivity contribution is -0.129. The molecule has 0 aliphatic carbocycles. The minimum Gasteiger partial charge on any atom is -0.493 e. The average molecular weight is 387 g/mol. The maximum absolute atomic E-state index is 12.4. The Morgan fingerprint density at radius 2 is 1.76 bits per heavy atom. The number of carbonyl (C=O) groups is 1. The summed E-state index contributed by atoms with van der Waals surface area (Å²) in [5, 5.41) is 2.18. The minimum absolute atomic E-state index is 0.000718. The number of benzene rings is 3. The highest BCUT2D eigenvalue weighted by molar-refractivity contribution is 6.13. The summed E-state index contributed by atoms with van der Waals surface area (Å²) in [7, 11) is 1.59. The first-order chi connectivity index (χ1) is 14.0. The maximum atomic E-state index is 12.4. The molecule has 146 valence electrons. The van der Waals surface area contributed by atoms with Gasteiger partial charge in [0.1, 0.15) is 0 Å². The van der Waals surface area contributed by atoms with Crippen molar-refractivity contribution in [2.75, 3.05) is 7.11 Å². The van der Waals surface area contributed by atoms with Crippen LogP contribution in [0.3, 0.4) is 0 Å². The molecule has 0 fully saturated rings. The van der Waals surface area contributed by atoms with Crippen LogP contribution < -0.4 is 9.47 Å². The van der Waals surface area contributed by atoms with Gasteiger partial charge in [-0.25, -0.2) is 9.79 Å². The molecule has 0 atom stereocenters. The first kappa shape index (κ1) is 18.7. The first-order valence-electron chi connectivity index (χ1n) is 9.40. The van der Waals surface area contributed by atoms with E-state index in [1.54, 1.807) is 19.3 Å². The van der Waals surface area contributed by atoms with Crippen molar-refractivity contribution >= 4 is 28.7 Å². The topological polar surface area (TPSA) is 57.1 Å². The molecule has 5 heteroatoms. The Hall–Kier alpha value is -3.60. The van der Waals surface area contributed by atoms with Crippen molar-refractivity contribution in [1.29, 1.82) is 0 Å². The van der Waals surface area contributed by atoms with E-state index in [1.165, 1.54) is 0 Å². The second kappa shape index (κ2) is 7.80. The van der Waals surface area contributed by atoms with Gasteiger partial charge < -0.3 is 14.2 Å². The van der Waals surface area contributed by atoms with Gasteiger partial charge in [0.2, 0.25) is 5.90 Å². The molecule has 0 aromatic heterocycles. The highest BCUT2D eigenvalue weighted by atomic mass is 16.6. The smallest absolute Gasteiger partial charge is 0.363 e. The first-order valence-corrected chi connectivity index (χ1v) is 9.40. The van der Waals surface area contributed by atoms with Crippen LogP contribution in [0.5, 0.6) is 11.5 Å². The zero-order valence-electron chi connectivity index (χ0n) is 16.5. The lowest BCUT2D eigenvalue weighted by Crippen LogP contribution is -2.07. The number of ether oxygens (including phenoxy) is 3. The largest absolute Gasteiger partial charge is 0.493 e. The molecule has 0 N–H and O–H groups in total. The van der Waals surface area contributed by atoms with Crippen molar-refractivity contribution in [3.05, 3.63) is 77.5 Å². The number of aliphatic imine (C=N–C) groups is 1. The number of cyclic esters (lactones) is 1. The molecule has 0 radical (unpaired) electrons. The SMILES string of the molecule is COc1ccc(C=C2N=C(c3ccc4ccccc4c3)OC2=O)cc1OC(C)C. The minimum atomic E-state index is -0.477. The third-order valence-electron chi connectivity index (χ3n) is 4.47. The van der Waals surface area contributed by atoms with E-state index < -0.39 is 5.97 Å². The Labute approximate surface area is 169 Å². The van der Waals surface area contributed by atoms with Crippen LogP contribution in [0.15, 0.2) is 71.4 Å². The monoisotopic (exact) mass is 387 g/mol. The van der Waals surface area contributed by atoms with Crippen LogP contribution in [-0.4, -0.2) is 25.1 Å². The molecule has 0 unspecified atom stereocenters. The number of fused-ring (bicyclic) bond motifs is 1. The zero-order chi connectivity index (χ0) is 20.4. The fourth-order valence-corrected chi connectivity index (χ4v) is 3.14. The molecule has 0 spiro atoms. The van der Waals surface area contributed by atoms with E-state index >= 15 is 0 Å². The highest BCUT2D eigenvalue weighted by Crippen LogP contribution is 2.30. The van der Waals surface area contributed by atoms with Crippen LogP contribution in [0.25, 0.3) is 16.8 Å². The summed E-state index contributed by atoms with van der Waals surface area (Å²) >= 11 is 0. The fourth-order valence-electron chi connectivity index (χ4n) is 3.14. The number of rotatable bonds is 5. The van der Waals surface area contributed by atoms with Crippen LogP contribution in [0.1, 0.15) is 25.0 Å². The van der Waals surface area contributed by atoms with Crippen LogP contribution in [0.4, 0.5) is 0 Å². The summed E-state index contributed by atoms with van der Waals surface area (Å²) in [6.07, 6.45) is 1.68. The van der Waals surface area contributed by atoms with E-state index in [0.717, 1.165) is 21.9 Å². The quantitative estimate of drug-likeness (QED) is 0.458. The van der Waals surface area contributed by atoms with Crippen molar-refractivity contribution in [3.8, 4) is 11.5 Å². The van der Waals surface area contributed by atoms with E-state index in [9.17, 15) is 4.79 Å². The van der Waals surface area contributed by atoms with Crippen molar-refractivity contribution in [1.82, 2.24) is 0 Å². The van der Waals surface area contributed by atoms with Gasteiger partial charge in [0.25, 0.3) is 0 Å². The summed E-state index contributed by atoms with van der Waals surface area (Å²) in [5.41, 5.74) is 1.78. The molecular formula is C24H21NO4. The number of hydrogen-bond acceptors (Lipinski definition) is 5. The fraction of sp³-hybridized carbons (Fsp3) is 0.167. The molecule has 0 saturated carbocycles. The Morgan fingerprint density at radius 3 is 2.52 bits per heavy atom. The van der Waals surface area contributed by atoms with Gasteiger partial charge in [0, 0.05) is 5.56 Å². The van der Waals surface area contributed by atoms with Gasteiger partial charge in [-0.1, -0.05) is 36.4 Å². The van der Waals surface area contributed by atoms with Gasteiger partial charge in [-0.15, -0.1) is 0 Å². The lowest BCUT2D eigenvalue weighted by Gasteiger charge is -2.13. The lowest BCUT2D eigenvalue weighted by atomic mass is 10.1. The second-order valence-electron chi connectivity index (χ2n) is 6.97. The summed E-state index contributed by atoms with van der Waals surface area (Å²) in [6.45, 7) is 3.89. The molecule has 0 bridgehead atoms. The summed E-state index contributed by atoms with van der Waals surface area (Å²) in [5.74, 6) is 1.08. The molecule has 1 aliphatic rings. The van der Waals surface area contributed by atoms with Gasteiger partial charge in [0.15, 0.2) is 17.2 Å². The molecule has 29 heavy (non-hydrogen) atoms. The Bertz CT molecular complexity index is 1140. The Morgan fingerprint density at radius 1 is 0.966 bits per heavy atom. The highest BCUT2D eigenvalue weighted by Gasteiger charge is 2.24. The van der Waals surface area contributed by atoms with E-state index in [0.29, 0.717) is 17.4 Å². The number of carbonyl (C=O) groups excluding carboxylic acids is 1. The molecule has 4 rings (SSSR count). The van der Waals surface area contributed by atoms with Crippen molar-refractivity contribution < 1.29 is 19.0 Å². The summed E-state index contributed by atoms with van der Waals surface area (Å²) < 4.78 is 16.5. The predicted molar refractivity (Wildman–Crippen MR) is 113 cm³/mol. The third-order valence-corrected chi connectivity index (χ3v) is 4.47. The molecule has 5 nitrogen and oxygen atoms in total. The summed E-state index contributed by atoms with van der Waals surface area (Å²) in [4.78, 5) is 16.8. The zero-order valence-corrected chi connectivity index (χ0v) is 16.5. The second-order valence-corrected chi connectivity index (χ2v) is 6.97. The molecular weight excluding hydrogens is 366 g/mol. The Kier molecular flexibility index (Phi) is 5.04. The molecule has 1 aliphatic heterocycles. The number of hydrogen-bond donors (Lipinski definition) is 0. The van der Waals surface area contributed by atoms with Gasteiger partial charge in [0.05, 0.1) is 13.2 Å². The predicted octanol–water partition coefficient (Wildman–Crippen LogP) is 4.98. The third kappa shape index (κ3) is 3.99. The Balaban J connectivity index is 1.67. The van der Waals surface area contributed by atoms with Crippen molar-refractivity contribution in [2.24, 2.45) is 4.99 Å². The van der Waals surface area contributed by atoms with Gasteiger partial charge >= 0.3 is 5.97 Å². The van der Waals surface area contributed by atoms with Crippen LogP contribution in [0, 0.1) is 0 Å². The van der Waals surface area contributed by atoms with Crippen LogP contribution in [0.2, 0.25) is 0 Å². The van der Waals surface area contributed by atoms with Crippen molar-refractivity contribution in [3.63, 3.8) is 0 Å². The van der Waals surface area contributed by atoms with Crippen LogP contribution >= 0.6 is 0 Å². The van der Waals surface area contributed by atoms with Crippen LogP contribution in [-0.2, 0) is 9.53 Å². The van der Waals surface area contributed by atoms with E-state index in [4.69, 9.17) is 14.2 Å². The van der Waals surface area contributed by atoms with Gasteiger partial charge in [-0.2, -0.15) is 0 Å². The maximum Gasteiger partial charge on any atom is 0.363 e. The number of esters is 1. The molecule has 0 saturated heterocycles. The van der Waals surface area contributed by atoms with E-state index in [1.807, 2.05) is 68.4 Å². The molecule has 3 aromatic rings. The standard InChI is InChI=1S/C24H21NO4/c1-15(2)28-22-13-16(8-11-21(22)27-3)12-20-24(26)29-23(25-20)19-10-9-17-6-4-5-7-18(17)14-19/h4-15H,1-3H3. The normalized spacial score (nSPS) is 15.0. The van der Waals surface area contributed by atoms with E-state index in [-0.39, 0.29) is 11.8 Å². The van der Waals surface area contributed by atoms with Gasteiger partial charge in [-0.05, 0) is 60.5 Å². The summed E-state index contributed by atoms with van der Waals surface area (Å²) in [6, 6.07) is 19.3. The molecule has 1 heterocycles. The number of nitrogens with zero attached hydrogens (tertiary/aromatic N) is 1. The molecule has 0 amide bonds. The van der Waals surface area contributed by atoms with Crippen molar-refractivity contribution in [2.45, 2.75) is 20.0 Å². The average Bonchev–Trinajstić information content (AvgIpc) is 3.08. The molecule has 3 aromatic carbocycles.